The van der Waals surface area contributed by atoms with Crippen molar-refractivity contribution >= 4 is 0 Å². The molecule has 0 spiro atoms. The molecule has 0 bridgehead atoms. The Morgan fingerprint density at radius 1 is 0.933 bits per heavy atom. The second kappa shape index (κ2) is 4.29. The molecule has 0 amide bonds. The lowest BCUT2D eigenvalue weighted by atomic mass is 10.1. The highest BCUT2D eigenvalue weighted by Crippen LogP contribution is 2.20. The normalized spacial score (nSPS) is 22.0. The van der Waals surface area contributed by atoms with Gasteiger partial charge in [0.2, 0.25) is 0 Å². The molecule has 0 unspecified atom stereocenters. The number of hydrogen-bond acceptors (Lipinski definition) is 2. The zero-order chi connectivity index (χ0) is 11.7. The molecule has 1 fully saturated rings. The number of alkyl halides is 3. The molecule has 0 aromatic heterocycles. The summed E-state index contributed by atoms with van der Waals surface area (Å²) in [7, 11) is 0. The molecule has 1 heterocycles. The van der Waals surface area contributed by atoms with Gasteiger partial charge in [-0.2, -0.15) is 13.2 Å². The minimum Gasteiger partial charge on any atom is -0.296 e. The smallest absolute Gasteiger partial charge is 0.296 e. The van der Waals surface area contributed by atoms with Crippen LogP contribution in [0.2, 0.25) is 0 Å². The molecule has 1 aliphatic rings. The Kier molecular flexibility index (Phi) is 3.66. The van der Waals surface area contributed by atoms with Gasteiger partial charge in [0.25, 0.3) is 0 Å². The minimum atomic E-state index is -4.07. The molecule has 1 aliphatic heterocycles. The average molecular weight is 224 g/mol. The molecule has 0 aromatic rings. The van der Waals surface area contributed by atoms with Crippen LogP contribution in [0.25, 0.3) is 0 Å². The highest BCUT2D eigenvalue weighted by atomic mass is 19.4. The molecule has 0 atom stereocenters. The van der Waals surface area contributed by atoms with Crippen LogP contribution >= 0.6 is 0 Å². The molecule has 0 N–H and O–H groups in total. The van der Waals surface area contributed by atoms with Gasteiger partial charge in [0.1, 0.15) is 0 Å². The van der Waals surface area contributed by atoms with Crippen LogP contribution in [0, 0.1) is 0 Å². The molecule has 15 heavy (non-hydrogen) atoms. The molecule has 0 aliphatic carbocycles. The van der Waals surface area contributed by atoms with Crippen molar-refractivity contribution in [2.75, 3.05) is 32.7 Å². The molecular weight excluding hydrogens is 205 g/mol. The van der Waals surface area contributed by atoms with Crippen LogP contribution in [0.5, 0.6) is 0 Å². The van der Waals surface area contributed by atoms with Crippen molar-refractivity contribution in [3.8, 4) is 0 Å². The average Bonchev–Trinajstić information content (AvgIpc) is 2.00. The van der Waals surface area contributed by atoms with Gasteiger partial charge >= 0.3 is 6.18 Å². The van der Waals surface area contributed by atoms with Crippen molar-refractivity contribution in [1.82, 2.24) is 9.80 Å². The maximum atomic E-state index is 12.1. The number of piperazine rings is 1. The Labute approximate surface area is 89.0 Å². The Hall–Kier alpha value is -0.290. The van der Waals surface area contributed by atoms with Gasteiger partial charge in [0.05, 0.1) is 6.54 Å². The van der Waals surface area contributed by atoms with Gasteiger partial charge in [-0.1, -0.05) is 0 Å². The van der Waals surface area contributed by atoms with Crippen molar-refractivity contribution in [1.29, 1.82) is 0 Å². The predicted molar refractivity (Wildman–Crippen MR) is 53.8 cm³/mol. The van der Waals surface area contributed by atoms with E-state index in [0.717, 1.165) is 13.1 Å². The van der Waals surface area contributed by atoms with E-state index in [0.29, 0.717) is 13.1 Å². The highest BCUT2D eigenvalue weighted by Gasteiger charge is 2.33. The lowest BCUT2D eigenvalue weighted by Gasteiger charge is -2.42. The van der Waals surface area contributed by atoms with Crippen LogP contribution in [0.4, 0.5) is 13.2 Å². The Bertz CT molecular complexity index is 200. The molecule has 0 saturated carbocycles. The summed E-state index contributed by atoms with van der Waals surface area (Å²) < 4.78 is 36.3. The van der Waals surface area contributed by atoms with E-state index in [2.05, 4.69) is 25.7 Å². The zero-order valence-corrected chi connectivity index (χ0v) is 9.56. The largest absolute Gasteiger partial charge is 0.401 e. The third kappa shape index (κ3) is 4.38. The molecule has 0 radical (unpaired) electrons. The number of nitrogens with zero attached hydrogens (tertiary/aromatic N) is 2. The molecule has 1 saturated heterocycles. The van der Waals surface area contributed by atoms with Crippen LogP contribution < -0.4 is 0 Å². The van der Waals surface area contributed by atoms with E-state index in [9.17, 15) is 13.2 Å². The lowest BCUT2D eigenvalue weighted by Crippen LogP contribution is -2.54. The van der Waals surface area contributed by atoms with Crippen molar-refractivity contribution in [2.45, 2.75) is 32.5 Å². The van der Waals surface area contributed by atoms with Crippen molar-refractivity contribution in [3.05, 3.63) is 0 Å². The highest BCUT2D eigenvalue weighted by molar-refractivity contribution is 4.82. The maximum Gasteiger partial charge on any atom is 0.401 e. The quantitative estimate of drug-likeness (QED) is 0.672. The van der Waals surface area contributed by atoms with E-state index in [4.69, 9.17) is 0 Å². The second-order valence-corrected chi connectivity index (χ2v) is 5.05. The molecule has 2 nitrogen and oxygen atoms in total. The summed E-state index contributed by atoms with van der Waals surface area (Å²) >= 11 is 0. The summed E-state index contributed by atoms with van der Waals surface area (Å²) in [4.78, 5) is 3.70. The summed E-state index contributed by atoms with van der Waals surface area (Å²) in [5.74, 6) is 0. The van der Waals surface area contributed by atoms with Crippen LogP contribution in [-0.2, 0) is 0 Å². The Balaban J connectivity index is 2.37. The summed E-state index contributed by atoms with van der Waals surface area (Å²) in [6.45, 7) is 7.96. The first kappa shape index (κ1) is 12.8. The fourth-order valence-corrected chi connectivity index (χ4v) is 1.83. The summed E-state index contributed by atoms with van der Waals surface area (Å²) in [6.07, 6.45) is -4.07. The van der Waals surface area contributed by atoms with E-state index in [-0.39, 0.29) is 5.54 Å². The zero-order valence-electron chi connectivity index (χ0n) is 9.56. The Morgan fingerprint density at radius 3 is 1.73 bits per heavy atom. The molecule has 1 rings (SSSR count). The SMILES string of the molecule is CC(C)(C)N1CCN(CC(F)(F)F)CC1. The summed E-state index contributed by atoms with van der Waals surface area (Å²) in [5, 5.41) is 0. The first-order valence-electron chi connectivity index (χ1n) is 5.23. The molecular formula is C10H19F3N2. The maximum absolute atomic E-state index is 12.1. The predicted octanol–water partition coefficient (Wildman–Crippen LogP) is 1.96. The minimum absolute atomic E-state index is 0.0598. The van der Waals surface area contributed by atoms with E-state index in [1.165, 1.54) is 4.90 Å². The van der Waals surface area contributed by atoms with Gasteiger partial charge in [0, 0.05) is 31.7 Å². The standard InChI is InChI=1S/C10H19F3N2/c1-9(2,3)15-6-4-14(5-7-15)8-10(11,12)13/h4-8H2,1-3H3. The Morgan fingerprint density at radius 2 is 1.40 bits per heavy atom. The monoisotopic (exact) mass is 224 g/mol. The summed E-state index contributed by atoms with van der Waals surface area (Å²) in [6, 6.07) is 0. The van der Waals surface area contributed by atoms with Crippen LogP contribution in [-0.4, -0.2) is 54.2 Å². The fraction of sp³-hybridized carbons (Fsp3) is 1.00. The van der Waals surface area contributed by atoms with Crippen molar-refractivity contribution in [2.24, 2.45) is 0 Å². The van der Waals surface area contributed by atoms with E-state index in [1.54, 1.807) is 0 Å². The number of halogens is 3. The van der Waals surface area contributed by atoms with Crippen LogP contribution in [0.1, 0.15) is 20.8 Å². The second-order valence-electron chi connectivity index (χ2n) is 5.05. The third-order valence-electron chi connectivity index (χ3n) is 2.72. The van der Waals surface area contributed by atoms with Gasteiger partial charge in [-0.25, -0.2) is 0 Å². The van der Waals surface area contributed by atoms with Crippen LogP contribution in [0.15, 0.2) is 0 Å². The summed E-state index contributed by atoms with van der Waals surface area (Å²) in [5.41, 5.74) is 0.0598. The van der Waals surface area contributed by atoms with Gasteiger partial charge in [0.15, 0.2) is 0 Å². The fourth-order valence-electron chi connectivity index (χ4n) is 1.83. The van der Waals surface area contributed by atoms with Crippen molar-refractivity contribution in [3.63, 3.8) is 0 Å². The van der Waals surface area contributed by atoms with Gasteiger partial charge in [-0.05, 0) is 20.8 Å². The molecule has 0 aromatic carbocycles. The first-order chi connectivity index (χ1) is 6.68. The molecule has 5 heteroatoms. The lowest BCUT2D eigenvalue weighted by molar-refractivity contribution is -0.150. The first-order valence-corrected chi connectivity index (χ1v) is 5.23. The van der Waals surface area contributed by atoms with Gasteiger partial charge < -0.3 is 0 Å². The van der Waals surface area contributed by atoms with E-state index < -0.39 is 12.7 Å². The number of hydrogen-bond donors (Lipinski definition) is 0. The van der Waals surface area contributed by atoms with E-state index in [1.807, 2.05) is 0 Å². The van der Waals surface area contributed by atoms with Gasteiger partial charge in [-0.3, -0.25) is 9.80 Å². The van der Waals surface area contributed by atoms with Gasteiger partial charge in [-0.15, -0.1) is 0 Å². The van der Waals surface area contributed by atoms with Crippen molar-refractivity contribution < 1.29 is 13.2 Å². The van der Waals surface area contributed by atoms with Crippen LogP contribution in [0.3, 0.4) is 0 Å². The topological polar surface area (TPSA) is 6.48 Å². The molecule has 90 valence electrons. The van der Waals surface area contributed by atoms with E-state index >= 15 is 0 Å². The number of rotatable bonds is 1. The third-order valence-corrected chi connectivity index (χ3v) is 2.72.